The molecular weight excluding hydrogens is 264 g/mol. The Kier molecular flexibility index (Phi) is 4.60. The van der Waals surface area contributed by atoms with Crippen molar-refractivity contribution in [2.24, 2.45) is 0 Å². The van der Waals surface area contributed by atoms with E-state index in [2.05, 4.69) is 4.72 Å². The fourth-order valence-electron chi connectivity index (χ4n) is 1.76. The molecule has 0 heterocycles. The van der Waals surface area contributed by atoms with Gasteiger partial charge in [0.2, 0.25) is 10.0 Å². The van der Waals surface area contributed by atoms with E-state index in [0.717, 1.165) is 11.1 Å². The monoisotopic (exact) mass is 286 g/mol. The van der Waals surface area contributed by atoms with Gasteiger partial charge >= 0.3 is 0 Å². The van der Waals surface area contributed by atoms with Crippen LogP contribution in [-0.4, -0.2) is 25.7 Å². The summed E-state index contributed by atoms with van der Waals surface area (Å²) in [5, 5.41) is 8.94. The van der Waals surface area contributed by atoms with E-state index in [1.54, 1.807) is 19.9 Å². The maximum absolute atomic E-state index is 12.3. The molecule has 0 bridgehead atoms. The third kappa shape index (κ3) is 3.92. The van der Waals surface area contributed by atoms with Crippen LogP contribution < -0.4 is 10.5 Å². The maximum atomic E-state index is 12.3. The summed E-state index contributed by atoms with van der Waals surface area (Å²) < 4.78 is 27.2. The van der Waals surface area contributed by atoms with Crippen LogP contribution >= 0.6 is 0 Å². The smallest absolute Gasteiger partial charge is 0.241 e. The first-order valence-electron chi connectivity index (χ1n) is 6.10. The number of hydrogen-bond acceptors (Lipinski definition) is 4. The van der Waals surface area contributed by atoms with E-state index in [9.17, 15) is 8.42 Å². The second kappa shape index (κ2) is 5.48. The molecule has 0 saturated carbocycles. The number of aliphatic hydroxyl groups excluding tert-OH is 1. The molecule has 1 aromatic carbocycles. The lowest BCUT2D eigenvalue weighted by Crippen LogP contribution is -2.43. The number of nitrogen functional groups attached to an aromatic ring is 1. The average Bonchev–Trinajstić information content (AvgIpc) is 2.23. The van der Waals surface area contributed by atoms with Gasteiger partial charge in [0.25, 0.3) is 0 Å². The fraction of sp³-hybridized carbons (Fsp3) is 0.538. The van der Waals surface area contributed by atoms with E-state index in [-0.39, 0.29) is 11.5 Å². The Morgan fingerprint density at radius 1 is 1.32 bits per heavy atom. The predicted molar refractivity (Wildman–Crippen MR) is 76.4 cm³/mol. The van der Waals surface area contributed by atoms with Crippen LogP contribution in [0.1, 0.15) is 31.4 Å². The quantitative estimate of drug-likeness (QED) is 0.712. The van der Waals surface area contributed by atoms with E-state index in [1.807, 2.05) is 13.8 Å². The molecule has 19 heavy (non-hydrogen) atoms. The number of benzene rings is 1. The van der Waals surface area contributed by atoms with E-state index < -0.39 is 15.6 Å². The number of rotatable bonds is 5. The van der Waals surface area contributed by atoms with Gasteiger partial charge in [-0.1, -0.05) is 0 Å². The van der Waals surface area contributed by atoms with Gasteiger partial charge in [-0.05, 0) is 57.4 Å². The van der Waals surface area contributed by atoms with Crippen LogP contribution in [0.25, 0.3) is 0 Å². The summed E-state index contributed by atoms with van der Waals surface area (Å²) >= 11 is 0. The first-order valence-corrected chi connectivity index (χ1v) is 7.59. The highest BCUT2D eigenvalue weighted by Gasteiger charge is 2.26. The molecule has 0 aliphatic heterocycles. The van der Waals surface area contributed by atoms with E-state index in [1.165, 1.54) is 6.07 Å². The first-order chi connectivity index (χ1) is 8.59. The maximum Gasteiger partial charge on any atom is 0.241 e. The Morgan fingerprint density at radius 2 is 1.89 bits per heavy atom. The standard InChI is InChI=1S/C13H22N2O3S/c1-9-7-11(8-12(14)10(9)2)19(17,18)15-13(3,4)5-6-16/h7-8,15-16H,5-6,14H2,1-4H3. The van der Waals surface area contributed by atoms with Crippen LogP contribution in [0.15, 0.2) is 17.0 Å². The third-order valence-corrected chi connectivity index (χ3v) is 4.82. The lowest BCUT2D eigenvalue weighted by molar-refractivity contribution is 0.245. The molecule has 6 heteroatoms. The van der Waals surface area contributed by atoms with Gasteiger partial charge in [-0.15, -0.1) is 0 Å². The molecule has 0 amide bonds. The molecule has 0 aliphatic carbocycles. The third-order valence-electron chi connectivity index (χ3n) is 3.14. The summed E-state index contributed by atoms with van der Waals surface area (Å²) in [6.07, 6.45) is 0.340. The van der Waals surface area contributed by atoms with Crippen molar-refractivity contribution in [3.8, 4) is 0 Å². The van der Waals surface area contributed by atoms with Crippen LogP contribution in [0, 0.1) is 13.8 Å². The summed E-state index contributed by atoms with van der Waals surface area (Å²) in [5.41, 5.74) is 7.28. The summed E-state index contributed by atoms with van der Waals surface area (Å²) in [7, 11) is -3.64. The van der Waals surface area contributed by atoms with Crippen LogP contribution in [-0.2, 0) is 10.0 Å². The van der Waals surface area contributed by atoms with Crippen molar-refractivity contribution in [3.63, 3.8) is 0 Å². The van der Waals surface area contributed by atoms with Gasteiger partial charge in [-0.3, -0.25) is 0 Å². The van der Waals surface area contributed by atoms with Crippen molar-refractivity contribution >= 4 is 15.7 Å². The van der Waals surface area contributed by atoms with E-state index in [0.29, 0.717) is 12.1 Å². The van der Waals surface area contributed by atoms with E-state index >= 15 is 0 Å². The Bertz CT molecular complexity index is 542. The molecule has 0 saturated heterocycles. The lowest BCUT2D eigenvalue weighted by Gasteiger charge is -2.25. The molecule has 0 fully saturated rings. The van der Waals surface area contributed by atoms with Gasteiger partial charge in [-0.2, -0.15) is 0 Å². The Labute approximate surface area is 114 Å². The van der Waals surface area contributed by atoms with Crippen molar-refractivity contribution < 1.29 is 13.5 Å². The van der Waals surface area contributed by atoms with Crippen LogP contribution in [0.2, 0.25) is 0 Å². The predicted octanol–water partition coefficient (Wildman–Crippen LogP) is 1.32. The molecular formula is C13H22N2O3S. The minimum atomic E-state index is -3.64. The van der Waals surface area contributed by atoms with Gasteiger partial charge in [0, 0.05) is 17.8 Å². The number of aliphatic hydroxyl groups is 1. The minimum Gasteiger partial charge on any atom is -0.398 e. The Balaban J connectivity index is 3.15. The van der Waals surface area contributed by atoms with Crippen LogP contribution in [0.4, 0.5) is 5.69 Å². The zero-order valence-electron chi connectivity index (χ0n) is 11.8. The summed E-state index contributed by atoms with van der Waals surface area (Å²) in [5.74, 6) is 0. The highest BCUT2D eigenvalue weighted by molar-refractivity contribution is 7.89. The van der Waals surface area contributed by atoms with Crippen molar-refractivity contribution in [1.82, 2.24) is 4.72 Å². The molecule has 0 radical (unpaired) electrons. The normalized spacial score (nSPS) is 12.7. The Morgan fingerprint density at radius 3 is 2.37 bits per heavy atom. The molecule has 4 N–H and O–H groups in total. The van der Waals surface area contributed by atoms with Gasteiger partial charge in [-0.25, -0.2) is 13.1 Å². The summed E-state index contributed by atoms with van der Waals surface area (Å²) in [6.45, 7) is 7.05. The lowest BCUT2D eigenvalue weighted by atomic mass is 10.0. The van der Waals surface area contributed by atoms with Crippen molar-refractivity contribution in [3.05, 3.63) is 23.3 Å². The number of sulfonamides is 1. The number of hydrogen-bond donors (Lipinski definition) is 3. The second-order valence-corrected chi connectivity index (χ2v) is 7.10. The Hall–Kier alpha value is -1.11. The number of nitrogens with two attached hydrogens (primary N) is 1. The molecule has 0 atom stereocenters. The highest BCUT2D eigenvalue weighted by atomic mass is 32.2. The fourth-order valence-corrected chi connectivity index (χ4v) is 3.32. The van der Waals surface area contributed by atoms with E-state index in [4.69, 9.17) is 10.8 Å². The van der Waals surface area contributed by atoms with Crippen LogP contribution in [0.3, 0.4) is 0 Å². The topological polar surface area (TPSA) is 92.4 Å². The molecule has 0 unspecified atom stereocenters. The molecule has 5 nitrogen and oxygen atoms in total. The average molecular weight is 286 g/mol. The van der Waals surface area contributed by atoms with Crippen molar-refractivity contribution in [2.75, 3.05) is 12.3 Å². The number of aryl methyl sites for hydroxylation is 1. The zero-order valence-corrected chi connectivity index (χ0v) is 12.6. The molecule has 1 rings (SSSR count). The molecule has 0 aliphatic rings. The minimum absolute atomic E-state index is 0.0788. The van der Waals surface area contributed by atoms with Crippen molar-refractivity contribution in [1.29, 1.82) is 0 Å². The molecule has 0 spiro atoms. The molecule has 1 aromatic rings. The molecule has 108 valence electrons. The number of anilines is 1. The first kappa shape index (κ1) is 15.9. The van der Waals surface area contributed by atoms with Gasteiger partial charge in [0.15, 0.2) is 0 Å². The summed E-state index contributed by atoms with van der Waals surface area (Å²) in [4.78, 5) is 0.152. The van der Waals surface area contributed by atoms with Gasteiger partial charge in [0.1, 0.15) is 0 Å². The number of nitrogens with one attached hydrogen (secondary N) is 1. The second-order valence-electron chi connectivity index (χ2n) is 5.42. The SMILES string of the molecule is Cc1cc(S(=O)(=O)NC(C)(C)CCO)cc(N)c1C. The molecule has 0 aromatic heterocycles. The largest absolute Gasteiger partial charge is 0.398 e. The summed E-state index contributed by atoms with van der Waals surface area (Å²) in [6, 6.07) is 3.06. The highest BCUT2D eigenvalue weighted by Crippen LogP contribution is 2.23. The van der Waals surface area contributed by atoms with Crippen LogP contribution in [0.5, 0.6) is 0 Å². The van der Waals surface area contributed by atoms with Gasteiger partial charge < -0.3 is 10.8 Å². The van der Waals surface area contributed by atoms with Gasteiger partial charge in [0.05, 0.1) is 4.90 Å². The van der Waals surface area contributed by atoms with Crippen molar-refractivity contribution in [2.45, 2.75) is 44.6 Å². The zero-order chi connectivity index (χ0) is 14.8.